The van der Waals surface area contributed by atoms with Gasteiger partial charge < -0.3 is 15.2 Å². The molecule has 2 rings (SSSR count). The van der Waals surface area contributed by atoms with Crippen LogP contribution in [0.15, 0.2) is 22.7 Å². The van der Waals surface area contributed by atoms with Gasteiger partial charge in [0.25, 0.3) is 0 Å². The van der Waals surface area contributed by atoms with Crippen LogP contribution in [0.1, 0.15) is 23.3 Å². The van der Waals surface area contributed by atoms with Crippen LogP contribution in [0.25, 0.3) is 0 Å². The van der Waals surface area contributed by atoms with E-state index in [1.165, 1.54) is 0 Å². The maximum Gasteiger partial charge on any atom is 0.226 e. The molecule has 0 saturated carbocycles. The molecular formula is C15H18ClN3O2. The minimum atomic E-state index is -0.100. The van der Waals surface area contributed by atoms with Crippen LogP contribution in [-0.4, -0.2) is 17.6 Å². The van der Waals surface area contributed by atoms with E-state index in [2.05, 4.69) is 15.8 Å². The molecule has 0 aliphatic carbocycles. The van der Waals surface area contributed by atoms with Gasteiger partial charge in [-0.1, -0.05) is 22.8 Å². The fourth-order valence-electron chi connectivity index (χ4n) is 2.03. The molecule has 0 aliphatic heterocycles. The molecule has 1 heterocycles. The number of carbonyl (C=O) groups excluding carboxylic acids is 1. The van der Waals surface area contributed by atoms with E-state index >= 15 is 0 Å². The van der Waals surface area contributed by atoms with Gasteiger partial charge in [-0.25, -0.2) is 0 Å². The highest BCUT2D eigenvalue weighted by Crippen LogP contribution is 2.27. The zero-order valence-electron chi connectivity index (χ0n) is 12.3. The fourth-order valence-corrected chi connectivity index (χ4v) is 2.40. The van der Waals surface area contributed by atoms with Crippen molar-refractivity contribution in [3.63, 3.8) is 0 Å². The molecule has 6 heteroatoms. The number of hydrogen-bond acceptors (Lipinski definition) is 4. The maximum atomic E-state index is 11.9. The van der Waals surface area contributed by atoms with Crippen LogP contribution in [0.2, 0.25) is 5.02 Å². The Morgan fingerprint density at radius 3 is 2.67 bits per heavy atom. The second-order valence-electron chi connectivity index (χ2n) is 4.99. The number of nitrogens with zero attached hydrogens (tertiary/aromatic N) is 1. The summed E-state index contributed by atoms with van der Waals surface area (Å²) in [6.07, 6.45) is 0.315. The highest BCUT2D eigenvalue weighted by Gasteiger charge is 2.09. The van der Waals surface area contributed by atoms with Crippen LogP contribution in [0.4, 0.5) is 11.5 Å². The van der Waals surface area contributed by atoms with E-state index in [9.17, 15) is 4.79 Å². The van der Waals surface area contributed by atoms with Crippen molar-refractivity contribution in [2.45, 2.75) is 27.2 Å². The van der Waals surface area contributed by atoms with E-state index in [0.717, 1.165) is 16.9 Å². The zero-order chi connectivity index (χ0) is 15.4. The Bertz CT molecular complexity index is 629. The van der Waals surface area contributed by atoms with Crippen molar-refractivity contribution >= 4 is 29.0 Å². The molecule has 0 aliphatic rings. The summed E-state index contributed by atoms with van der Waals surface area (Å²) in [6.45, 7) is 6.17. The third kappa shape index (κ3) is 4.23. The largest absolute Gasteiger partial charge is 0.367 e. The summed E-state index contributed by atoms with van der Waals surface area (Å²) >= 11 is 6.16. The molecule has 5 nitrogen and oxygen atoms in total. The van der Waals surface area contributed by atoms with Crippen molar-refractivity contribution in [3.05, 3.63) is 40.1 Å². The van der Waals surface area contributed by atoms with E-state index in [0.29, 0.717) is 29.5 Å². The van der Waals surface area contributed by atoms with Crippen molar-refractivity contribution < 1.29 is 9.32 Å². The number of anilines is 2. The number of aryl methyl sites for hydroxylation is 3. The number of benzene rings is 1. The molecule has 0 saturated heterocycles. The van der Waals surface area contributed by atoms with Gasteiger partial charge in [0.05, 0.1) is 10.7 Å². The first kappa shape index (κ1) is 15.4. The van der Waals surface area contributed by atoms with Crippen molar-refractivity contribution in [3.8, 4) is 0 Å². The van der Waals surface area contributed by atoms with Crippen molar-refractivity contribution in [1.29, 1.82) is 0 Å². The molecule has 21 heavy (non-hydrogen) atoms. The third-order valence-corrected chi connectivity index (χ3v) is 3.28. The number of hydrogen-bond donors (Lipinski definition) is 2. The Balaban J connectivity index is 1.87. The van der Waals surface area contributed by atoms with E-state index in [1.54, 1.807) is 6.07 Å². The van der Waals surface area contributed by atoms with Gasteiger partial charge in [-0.3, -0.25) is 4.79 Å². The van der Waals surface area contributed by atoms with Gasteiger partial charge in [0.2, 0.25) is 5.91 Å². The van der Waals surface area contributed by atoms with Gasteiger partial charge in [0.1, 0.15) is 5.76 Å². The van der Waals surface area contributed by atoms with E-state index in [1.807, 2.05) is 32.9 Å². The Hall–Kier alpha value is -2.01. The standard InChI is InChI=1S/C15H18ClN3O2/c1-9-6-10(2)15(12(16)7-9)18-14(20)4-5-17-13-8-11(3)21-19-13/h6-8H,4-5H2,1-3H3,(H,17,19)(H,18,20). The molecular weight excluding hydrogens is 290 g/mol. The summed E-state index contributed by atoms with van der Waals surface area (Å²) in [5.74, 6) is 1.26. The smallest absolute Gasteiger partial charge is 0.226 e. The molecule has 0 radical (unpaired) electrons. The fraction of sp³-hybridized carbons (Fsp3) is 0.333. The first-order chi connectivity index (χ1) is 9.95. The molecule has 2 aromatic rings. The van der Waals surface area contributed by atoms with Crippen LogP contribution in [0.5, 0.6) is 0 Å². The zero-order valence-corrected chi connectivity index (χ0v) is 13.0. The SMILES string of the molecule is Cc1cc(C)c(NC(=O)CCNc2cc(C)on2)c(Cl)c1. The number of amides is 1. The topological polar surface area (TPSA) is 67.2 Å². The second kappa shape index (κ2) is 6.63. The second-order valence-corrected chi connectivity index (χ2v) is 5.39. The summed E-state index contributed by atoms with van der Waals surface area (Å²) in [5.41, 5.74) is 2.69. The molecule has 2 N–H and O–H groups in total. The lowest BCUT2D eigenvalue weighted by Gasteiger charge is -2.11. The number of nitrogens with one attached hydrogen (secondary N) is 2. The summed E-state index contributed by atoms with van der Waals surface area (Å²) in [5, 5.41) is 10.2. The van der Waals surface area contributed by atoms with E-state index in [4.69, 9.17) is 16.1 Å². The van der Waals surface area contributed by atoms with Crippen molar-refractivity contribution in [2.24, 2.45) is 0 Å². The van der Waals surface area contributed by atoms with Gasteiger partial charge in [-0.15, -0.1) is 0 Å². The molecule has 0 unspecified atom stereocenters. The number of rotatable bonds is 5. The monoisotopic (exact) mass is 307 g/mol. The Kier molecular flexibility index (Phi) is 4.85. The summed E-state index contributed by atoms with van der Waals surface area (Å²) in [6, 6.07) is 5.59. The van der Waals surface area contributed by atoms with Gasteiger partial charge in [-0.05, 0) is 38.0 Å². The lowest BCUT2D eigenvalue weighted by Crippen LogP contribution is -2.17. The van der Waals surface area contributed by atoms with Gasteiger partial charge >= 0.3 is 0 Å². The summed E-state index contributed by atoms with van der Waals surface area (Å²) < 4.78 is 4.93. The highest BCUT2D eigenvalue weighted by molar-refractivity contribution is 6.34. The van der Waals surface area contributed by atoms with Crippen LogP contribution < -0.4 is 10.6 Å². The van der Waals surface area contributed by atoms with Gasteiger partial charge in [-0.2, -0.15) is 0 Å². The minimum Gasteiger partial charge on any atom is -0.367 e. The molecule has 1 aromatic heterocycles. The van der Waals surface area contributed by atoms with Crippen molar-refractivity contribution in [2.75, 3.05) is 17.2 Å². The quantitative estimate of drug-likeness (QED) is 0.884. The Morgan fingerprint density at radius 2 is 2.05 bits per heavy atom. The first-order valence-electron chi connectivity index (χ1n) is 6.69. The predicted molar refractivity (Wildman–Crippen MR) is 83.9 cm³/mol. The normalized spacial score (nSPS) is 10.5. The number of aromatic nitrogens is 1. The van der Waals surface area contributed by atoms with Crippen molar-refractivity contribution in [1.82, 2.24) is 5.16 Å². The Labute approximate surface area is 128 Å². The average molecular weight is 308 g/mol. The average Bonchev–Trinajstić information content (AvgIpc) is 2.79. The number of carbonyl (C=O) groups is 1. The highest BCUT2D eigenvalue weighted by atomic mass is 35.5. The lowest BCUT2D eigenvalue weighted by molar-refractivity contribution is -0.115. The van der Waals surface area contributed by atoms with Gasteiger partial charge in [0, 0.05) is 19.0 Å². The predicted octanol–water partition coefficient (Wildman–Crippen LogP) is 3.69. The molecule has 0 fully saturated rings. The van der Waals surface area contributed by atoms with Crippen LogP contribution in [0.3, 0.4) is 0 Å². The maximum absolute atomic E-state index is 11.9. The van der Waals surface area contributed by atoms with E-state index < -0.39 is 0 Å². The minimum absolute atomic E-state index is 0.100. The lowest BCUT2D eigenvalue weighted by atomic mass is 10.1. The molecule has 0 bridgehead atoms. The summed E-state index contributed by atoms with van der Waals surface area (Å²) in [7, 11) is 0. The molecule has 0 atom stereocenters. The molecule has 0 spiro atoms. The third-order valence-electron chi connectivity index (χ3n) is 2.98. The molecule has 1 amide bonds. The van der Waals surface area contributed by atoms with Gasteiger partial charge in [0.15, 0.2) is 5.82 Å². The molecule has 1 aromatic carbocycles. The van der Waals surface area contributed by atoms with Crippen LogP contribution in [0, 0.1) is 20.8 Å². The Morgan fingerprint density at radius 1 is 1.29 bits per heavy atom. The molecule has 112 valence electrons. The first-order valence-corrected chi connectivity index (χ1v) is 7.07. The summed E-state index contributed by atoms with van der Waals surface area (Å²) in [4.78, 5) is 11.9. The number of halogens is 1. The van der Waals surface area contributed by atoms with E-state index in [-0.39, 0.29) is 5.91 Å². The van der Waals surface area contributed by atoms with Crippen LogP contribution in [-0.2, 0) is 4.79 Å². The van der Waals surface area contributed by atoms with Crippen LogP contribution >= 0.6 is 11.6 Å².